The van der Waals surface area contributed by atoms with Gasteiger partial charge in [-0.3, -0.25) is 0 Å². The van der Waals surface area contributed by atoms with E-state index in [-0.39, 0.29) is 6.10 Å². The predicted octanol–water partition coefficient (Wildman–Crippen LogP) is 5.90. The molecule has 28 heavy (non-hydrogen) atoms. The molecular formula is C26H45NO. The maximum Gasteiger partial charge on any atom is 0.0577 e. The number of aliphatic hydroxyl groups excluding tert-OH is 1. The first-order valence-corrected chi connectivity index (χ1v) is 12.3. The van der Waals surface area contributed by atoms with Crippen molar-refractivity contribution < 1.29 is 5.11 Å². The lowest BCUT2D eigenvalue weighted by Crippen LogP contribution is -2.50. The largest absolute Gasteiger partial charge is 0.393 e. The molecule has 0 heterocycles. The highest BCUT2D eigenvalue weighted by Crippen LogP contribution is 2.67. The number of allylic oxidation sites excluding steroid dienone is 1. The normalized spacial score (nSPS) is 46.5. The zero-order valence-electron chi connectivity index (χ0n) is 19.2. The molecule has 160 valence electrons. The first kappa shape index (κ1) is 20.9. The van der Waals surface area contributed by atoms with Gasteiger partial charge in [0.1, 0.15) is 0 Å². The van der Waals surface area contributed by atoms with Gasteiger partial charge in [-0.05, 0) is 125 Å². The van der Waals surface area contributed by atoms with E-state index in [0.717, 1.165) is 42.4 Å². The fourth-order valence-electron chi connectivity index (χ4n) is 8.55. The van der Waals surface area contributed by atoms with Crippen LogP contribution in [-0.4, -0.2) is 36.8 Å². The maximum atomic E-state index is 10.2. The van der Waals surface area contributed by atoms with E-state index in [1.165, 1.54) is 57.9 Å². The molecule has 0 radical (unpaired) electrons. The first-order chi connectivity index (χ1) is 13.3. The summed E-state index contributed by atoms with van der Waals surface area (Å²) >= 11 is 0. The molecule has 0 amide bonds. The molecule has 3 saturated carbocycles. The van der Waals surface area contributed by atoms with Crippen molar-refractivity contribution in [3.63, 3.8) is 0 Å². The van der Waals surface area contributed by atoms with Gasteiger partial charge >= 0.3 is 0 Å². The van der Waals surface area contributed by atoms with Crippen LogP contribution in [0.5, 0.6) is 0 Å². The van der Waals surface area contributed by atoms with E-state index >= 15 is 0 Å². The van der Waals surface area contributed by atoms with Crippen LogP contribution in [0.1, 0.15) is 85.0 Å². The second kappa shape index (κ2) is 7.73. The fraction of sp³-hybridized carbons (Fsp3) is 0.923. The van der Waals surface area contributed by atoms with Crippen molar-refractivity contribution in [1.29, 1.82) is 0 Å². The number of hydrogen-bond donors (Lipinski definition) is 1. The van der Waals surface area contributed by atoms with Gasteiger partial charge in [0.05, 0.1) is 6.10 Å². The third-order valence-electron chi connectivity index (χ3n) is 10.1. The summed E-state index contributed by atoms with van der Waals surface area (Å²) in [4.78, 5) is 2.34. The molecule has 4 aliphatic rings. The summed E-state index contributed by atoms with van der Waals surface area (Å²) in [6, 6.07) is 0. The molecule has 0 aromatic carbocycles. The Labute approximate surface area is 174 Å². The van der Waals surface area contributed by atoms with Crippen molar-refractivity contribution in [2.75, 3.05) is 20.6 Å². The molecule has 0 saturated heterocycles. The van der Waals surface area contributed by atoms with E-state index in [4.69, 9.17) is 0 Å². The van der Waals surface area contributed by atoms with Gasteiger partial charge in [0, 0.05) is 0 Å². The van der Waals surface area contributed by atoms with Gasteiger partial charge in [0.15, 0.2) is 0 Å². The standard InChI is InChI=1S/C26H45NO/c1-18(7-6-16-27(4)5)22-10-11-23-21-9-8-19-17-20(28)12-14-25(19,2)24(21)13-15-26(22,23)3/h8,18,20-24,28H,6-7,9-17H2,1-5H3. The lowest BCUT2D eigenvalue weighted by molar-refractivity contribution is -0.0573. The smallest absolute Gasteiger partial charge is 0.0577 e. The molecule has 0 aromatic rings. The third kappa shape index (κ3) is 3.41. The van der Waals surface area contributed by atoms with Gasteiger partial charge in [-0.15, -0.1) is 0 Å². The van der Waals surface area contributed by atoms with Gasteiger partial charge < -0.3 is 10.0 Å². The topological polar surface area (TPSA) is 23.5 Å². The summed E-state index contributed by atoms with van der Waals surface area (Å²) < 4.78 is 0. The third-order valence-corrected chi connectivity index (χ3v) is 10.1. The summed E-state index contributed by atoms with van der Waals surface area (Å²) in [5, 5.41) is 10.2. The molecule has 0 spiro atoms. The van der Waals surface area contributed by atoms with Crippen molar-refractivity contribution in [3.8, 4) is 0 Å². The van der Waals surface area contributed by atoms with E-state index in [9.17, 15) is 5.11 Å². The molecule has 2 nitrogen and oxygen atoms in total. The summed E-state index contributed by atoms with van der Waals surface area (Å²) in [5.74, 6) is 4.53. The minimum Gasteiger partial charge on any atom is -0.393 e. The lowest BCUT2D eigenvalue weighted by Gasteiger charge is -2.58. The fourth-order valence-corrected chi connectivity index (χ4v) is 8.55. The number of aliphatic hydroxyl groups is 1. The first-order valence-electron chi connectivity index (χ1n) is 12.3. The predicted molar refractivity (Wildman–Crippen MR) is 118 cm³/mol. The Morgan fingerprint density at radius 2 is 1.89 bits per heavy atom. The lowest BCUT2D eigenvalue weighted by atomic mass is 9.47. The summed E-state index contributed by atoms with van der Waals surface area (Å²) in [5.41, 5.74) is 2.58. The SMILES string of the molecule is CC(CCCN(C)C)C1CCC2C3CC=C4CC(O)CCC4(C)C3CCC12C. The highest BCUT2D eigenvalue weighted by molar-refractivity contribution is 5.25. The number of hydrogen-bond acceptors (Lipinski definition) is 2. The van der Waals surface area contributed by atoms with Gasteiger partial charge in [0.2, 0.25) is 0 Å². The molecule has 1 N–H and O–H groups in total. The van der Waals surface area contributed by atoms with Crippen molar-refractivity contribution in [2.45, 2.75) is 91.1 Å². The Bertz CT molecular complexity index is 597. The summed E-state index contributed by atoms with van der Waals surface area (Å²) in [7, 11) is 4.41. The van der Waals surface area contributed by atoms with Gasteiger partial charge in [-0.2, -0.15) is 0 Å². The maximum absolute atomic E-state index is 10.2. The number of fused-ring (bicyclic) bond motifs is 5. The quantitative estimate of drug-likeness (QED) is 0.593. The molecule has 4 aliphatic carbocycles. The molecule has 0 aliphatic heterocycles. The van der Waals surface area contributed by atoms with Crippen LogP contribution >= 0.6 is 0 Å². The Balaban J connectivity index is 1.49. The monoisotopic (exact) mass is 387 g/mol. The Morgan fingerprint density at radius 3 is 2.64 bits per heavy atom. The minimum atomic E-state index is -0.0800. The van der Waals surface area contributed by atoms with E-state index in [0.29, 0.717) is 10.8 Å². The van der Waals surface area contributed by atoms with Crippen LogP contribution in [0, 0.1) is 40.4 Å². The van der Waals surface area contributed by atoms with Crippen LogP contribution in [0.3, 0.4) is 0 Å². The zero-order chi connectivity index (χ0) is 20.1. The van der Waals surface area contributed by atoms with E-state index in [2.05, 4.69) is 45.8 Å². The van der Waals surface area contributed by atoms with E-state index in [1.54, 1.807) is 5.57 Å². The number of nitrogens with zero attached hydrogens (tertiary/aromatic N) is 1. The van der Waals surface area contributed by atoms with Crippen molar-refractivity contribution in [1.82, 2.24) is 4.90 Å². The van der Waals surface area contributed by atoms with Gasteiger partial charge in [0.25, 0.3) is 0 Å². The molecular weight excluding hydrogens is 342 g/mol. The summed E-state index contributed by atoms with van der Waals surface area (Å²) in [6.07, 6.45) is 15.6. The zero-order valence-corrected chi connectivity index (χ0v) is 19.2. The Kier molecular flexibility index (Phi) is 5.77. The summed E-state index contributed by atoms with van der Waals surface area (Å²) in [6.45, 7) is 9.03. The average molecular weight is 388 g/mol. The second-order valence-corrected chi connectivity index (χ2v) is 11.8. The minimum absolute atomic E-state index is 0.0800. The molecule has 8 unspecified atom stereocenters. The van der Waals surface area contributed by atoms with Crippen molar-refractivity contribution in [3.05, 3.63) is 11.6 Å². The molecule has 4 rings (SSSR count). The number of rotatable bonds is 5. The molecule has 3 fully saturated rings. The molecule has 8 atom stereocenters. The second-order valence-electron chi connectivity index (χ2n) is 11.8. The molecule has 2 heteroatoms. The molecule has 0 bridgehead atoms. The van der Waals surface area contributed by atoms with Crippen LogP contribution in [0.25, 0.3) is 0 Å². The highest BCUT2D eigenvalue weighted by Gasteiger charge is 2.59. The highest BCUT2D eigenvalue weighted by atomic mass is 16.3. The van der Waals surface area contributed by atoms with Crippen LogP contribution in [0.4, 0.5) is 0 Å². The van der Waals surface area contributed by atoms with E-state index in [1.807, 2.05) is 0 Å². The Hall–Kier alpha value is -0.340. The van der Waals surface area contributed by atoms with Crippen LogP contribution < -0.4 is 0 Å². The van der Waals surface area contributed by atoms with Gasteiger partial charge in [-0.25, -0.2) is 0 Å². The van der Waals surface area contributed by atoms with Gasteiger partial charge in [-0.1, -0.05) is 32.4 Å². The van der Waals surface area contributed by atoms with Crippen LogP contribution in [0.2, 0.25) is 0 Å². The van der Waals surface area contributed by atoms with Crippen molar-refractivity contribution in [2.24, 2.45) is 40.4 Å². The Morgan fingerprint density at radius 1 is 1.11 bits per heavy atom. The van der Waals surface area contributed by atoms with Crippen LogP contribution in [-0.2, 0) is 0 Å². The van der Waals surface area contributed by atoms with Crippen LogP contribution in [0.15, 0.2) is 11.6 Å². The average Bonchev–Trinajstić information content (AvgIpc) is 2.99. The van der Waals surface area contributed by atoms with Crippen molar-refractivity contribution >= 4 is 0 Å². The molecule has 0 aromatic heterocycles. The van der Waals surface area contributed by atoms with E-state index < -0.39 is 0 Å².